The van der Waals surface area contributed by atoms with Crippen molar-refractivity contribution in [2.75, 3.05) is 59.7 Å². The summed E-state index contributed by atoms with van der Waals surface area (Å²) in [5.41, 5.74) is 1.38. The van der Waals surface area contributed by atoms with E-state index in [2.05, 4.69) is 15.9 Å². The number of β-amino-alcohol motifs (C(OH)–C–C–N with tert-alkyl or cyclic N) is 1. The molecular formula is C24H32N2O4. The molecule has 2 fully saturated rings. The fraction of sp³-hybridized carbons (Fsp3) is 0.500. The molecular weight excluding hydrogens is 380 g/mol. The van der Waals surface area contributed by atoms with Crippen molar-refractivity contribution in [2.24, 2.45) is 0 Å². The Hall–Kier alpha value is -2.12. The molecule has 2 aromatic rings. The first kappa shape index (κ1) is 21.1. The first-order valence-corrected chi connectivity index (χ1v) is 10.8. The highest BCUT2D eigenvalue weighted by atomic mass is 16.5. The van der Waals surface area contributed by atoms with E-state index in [1.165, 1.54) is 0 Å². The second-order valence-corrected chi connectivity index (χ2v) is 8.15. The third kappa shape index (κ3) is 5.13. The molecule has 0 unspecified atom stereocenters. The largest absolute Gasteiger partial charge is 0.493 e. The number of methoxy groups -OCH3 is 1. The van der Waals surface area contributed by atoms with Crippen LogP contribution >= 0.6 is 0 Å². The number of ether oxygens (including phenoxy) is 3. The van der Waals surface area contributed by atoms with E-state index in [9.17, 15) is 5.11 Å². The van der Waals surface area contributed by atoms with E-state index in [0.717, 1.165) is 75.0 Å². The molecule has 1 atom stereocenters. The first-order chi connectivity index (χ1) is 14.7. The average Bonchev–Trinajstić information content (AvgIpc) is 3.17. The highest BCUT2D eigenvalue weighted by molar-refractivity contribution is 5.43. The maximum atomic E-state index is 11.1. The zero-order valence-electron chi connectivity index (χ0n) is 17.8. The summed E-state index contributed by atoms with van der Waals surface area (Å²) in [7, 11) is 1.68. The quantitative estimate of drug-likeness (QED) is 0.719. The highest BCUT2D eigenvalue weighted by Crippen LogP contribution is 2.34. The summed E-state index contributed by atoms with van der Waals surface area (Å²) in [6.07, 6.45) is 0.747. The van der Waals surface area contributed by atoms with Crippen molar-refractivity contribution < 1.29 is 19.3 Å². The lowest BCUT2D eigenvalue weighted by Gasteiger charge is -2.26. The SMILES string of the molecule is COc1cc(CN2CC[C@](O)(c3ccccc3)C2)ccc1OCCN1CCOCC1. The zero-order valence-corrected chi connectivity index (χ0v) is 17.8. The fourth-order valence-electron chi connectivity index (χ4n) is 4.29. The second-order valence-electron chi connectivity index (χ2n) is 8.15. The van der Waals surface area contributed by atoms with Crippen LogP contribution in [0, 0.1) is 0 Å². The van der Waals surface area contributed by atoms with Gasteiger partial charge in [0.05, 0.1) is 20.3 Å². The van der Waals surface area contributed by atoms with Crippen molar-refractivity contribution in [1.29, 1.82) is 0 Å². The molecule has 0 radical (unpaired) electrons. The zero-order chi connectivity index (χ0) is 20.8. The summed E-state index contributed by atoms with van der Waals surface area (Å²) in [4.78, 5) is 4.65. The van der Waals surface area contributed by atoms with Gasteiger partial charge in [-0.15, -0.1) is 0 Å². The molecule has 0 amide bonds. The minimum absolute atomic E-state index is 0.631. The molecule has 0 aliphatic carbocycles. The lowest BCUT2D eigenvalue weighted by Crippen LogP contribution is -2.38. The Morgan fingerprint density at radius 1 is 1.00 bits per heavy atom. The Labute approximate surface area is 179 Å². The highest BCUT2D eigenvalue weighted by Gasteiger charge is 2.37. The molecule has 6 nitrogen and oxygen atoms in total. The number of benzene rings is 2. The normalized spacial score (nSPS) is 22.9. The number of likely N-dealkylation sites (tertiary alicyclic amines) is 1. The smallest absolute Gasteiger partial charge is 0.161 e. The van der Waals surface area contributed by atoms with Crippen LogP contribution < -0.4 is 9.47 Å². The lowest BCUT2D eigenvalue weighted by molar-refractivity contribution is 0.0321. The van der Waals surface area contributed by atoms with Gasteiger partial charge < -0.3 is 19.3 Å². The molecule has 2 heterocycles. The molecule has 1 N–H and O–H groups in total. The molecule has 2 aliphatic rings. The van der Waals surface area contributed by atoms with Gasteiger partial charge in [-0.05, 0) is 29.7 Å². The topological polar surface area (TPSA) is 54.4 Å². The fourth-order valence-corrected chi connectivity index (χ4v) is 4.29. The number of hydrogen-bond acceptors (Lipinski definition) is 6. The summed E-state index contributed by atoms with van der Waals surface area (Å²) >= 11 is 0. The molecule has 0 saturated carbocycles. The van der Waals surface area contributed by atoms with Gasteiger partial charge in [0.25, 0.3) is 0 Å². The van der Waals surface area contributed by atoms with Crippen LogP contribution in [-0.2, 0) is 16.9 Å². The second kappa shape index (κ2) is 9.79. The molecule has 4 rings (SSSR count). The molecule has 2 aliphatic heterocycles. The van der Waals surface area contributed by atoms with Crippen molar-refractivity contribution in [1.82, 2.24) is 9.80 Å². The molecule has 162 valence electrons. The summed E-state index contributed by atoms with van der Waals surface area (Å²) in [5, 5.41) is 11.1. The number of aliphatic hydroxyl groups is 1. The van der Waals surface area contributed by atoms with Gasteiger partial charge in [0.15, 0.2) is 11.5 Å². The Morgan fingerprint density at radius 2 is 1.80 bits per heavy atom. The van der Waals surface area contributed by atoms with Crippen molar-refractivity contribution in [3.05, 3.63) is 59.7 Å². The third-order valence-corrected chi connectivity index (χ3v) is 6.04. The van der Waals surface area contributed by atoms with Crippen LogP contribution in [0.3, 0.4) is 0 Å². The van der Waals surface area contributed by atoms with E-state index in [1.54, 1.807) is 7.11 Å². The van der Waals surface area contributed by atoms with Gasteiger partial charge in [0.2, 0.25) is 0 Å². The van der Waals surface area contributed by atoms with E-state index in [1.807, 2.05) is 42.5 Å². The van der Waals surface area contributed by atoms with Gasteiger partial charge >= 0.3 is 0 Å². The van der Waals surface area contributed by atoms with Crippen molar-refractivity contribution in [3.63, 3.8) is 0 Å². The molecule has 2 saturated heterocycles. The van der Waals surface area contributed by atoms with Crippen LogP contribution in [-0.4, -0.2) is 74.6 Å². The predicted molar refractivity (Wildman–Crippen MR) is 116 cm³/mol. The molecule has 2 aromatic carbocycles. The van der Waals surface area contributed by atoms with E-state index >= 15 is 0 Å². The summed E-state index contributed by atoms with van der Waals surface area (Å²) in [5.74, 6) is 1.53. The van der Waals surface area contributed by atoms with E-state index < -0.39 is 5.60 Å². The van der Waals surface area contributed by atoms with Gasteiger partial charge in [-0.25, -0.2) is 0 Å². The Morgan fingerprint density at radius 3 is 2.57 bits per heavy atom. The van der Waals surface area contributed by atoms with Crippen molar-refractivity contribution >= 4 is 0 Å². The number of hydrogen-bond donors (Lipinski definition) is 1. The molecule has 0 aromatic heterocycles. The predicted octanol–water partition coefficient (Wildman–Crippen LogP) is 2.50. The van der Waals surface area contributed by atoms with Crippen LogP contribution in [0.1, 0.15) is 17.5 Å². The molecule has 30 heavy (non-hydrogen) atoms. The van der Waals surface area contributed by atoms with E-state index in [0.29, 0.717) is 13.2 Å². The summed E-state index contributed by atoms with van der Waals surface area (Å²) in [6, 6.07) is 16.1. The number of nitrogens with zero attached hydrogens (tertiary/aromatic N) is 2. The van der Waals surface area contributed by atoms with Crippen LogP contribution in [0.5, 0.6) is 11.5 Å². The van der Waals surface area contributed by atoms with Crippen molar-refractivity contribution in [3.8, 4) is 11.5 Å². The van der Waals surface area contributed by atoms with Gasteiger partial charge in [0.1, 0.15) is 12.2 Å². The lowest BCUT2D eigenvalue weighted by atomic mass is 9.93. The summed E-state index contributed by atoms with van der Waals surface area (Å²) in [6.45, 7) is 7.32. The van der Waals surface area contributed by atoms with E-state index in [-0.39, 0.29) is 0 Å². The average molecular weight is 413 g/mol. The molecule has 6 heteroatoms. The maximum Gasteiger partial charge on any atom is 0.161 e. The van der Waals surface area contributed by atoms with Gasteiger partial charge in [-0.3, -0.25) is 9.80 Å². The van der Waals surface area contributed by atoms with E-state index in [4.69, 9.17) is 14.2 Å². The van der Waals surface area contributed by atoms with Crippen LogP contribution in [0.2, 0.25) is 0 Å². The number of rotatable bonds is 8. The van der Waals surface area contributed by atoms with Crippen LogP contribution in [0.15, 0.2) is 48.5 Å². The van der Waals surface area contributed by atoms with Crippen molar-refractivity contribution in [2.45, 2.75) is 18.6 Å². The Kier molecular flexibility index (Phi) is 6.89. The molecule has 0 spiro atoms. The first-order valence-electron chi connectivity index (χ1n) is 10.8. The van der Waals surface area contributed by atoms with Gasteiger partial charge in [-0.1, -0.05) is 36.4 Å². The Bertz CT molecular complexity index is 810. The minimum atomic E-state index is -0.770. The Balaban J connectivity index is 1.32. The third-order valence-electron chi connectivity index (χ3n) is 6.04. The standard InChI is InChI=1S/C24H32N2O4/c1-28-23-17-20(7-8-22(23)30-16-13-25-11-14-29-15-12-25)18-26-10-9-24(27,19-26)21-5-3-2-4-6-21/h2-8,17,27H,9-16,18-19H2,1H3/t24-/m1/s1. The molecule has 0 bridgehead atoms. The minimum Gasteiger partial charge on any atom is -0.493 e. The monoisotopic (exact) mass is 412 g/mol. The summed E-state index contributed by atoms with van der Waals surface area (Å²) < 4.78 is 16.9. The maximum absolute atomic E-state index is 11.1. The number of morpholine rings is 1. The van der Waals surface area contributed by atoms with Gasteiger partial charge in [-0.2, -0.15) is 0 Å². The van der Waals surface area contributed by atoms with Crippen LogP contribution in [0.25, 0.3) is 0 Å². The van der Waals surface area contributed by atoms with Crippen LogP contribution in [0.4, 0.5) is 0 Å². The van der Waals surface area contributed by atoms with Gasteiger partial charge in [0, 0.05) is 39.3 Å².